The number of esters is 1. The summed E-state index contributed by atoms with van der Waals surface area (Å²) in [5.74, 6) is -1.05. The van der Waals surface area contributed by atoms with Gasteiger partial charge in [-0.2, -0.15) is 4.31 Å². The molecular formula is C23H31FN4O4S. The number of hydrogen-bond acceptors (Lipinski definition) is 6. The van der Waals surface area contributed by atoms with Crippen LogP contribution in [0.5, 0.6) is 0 Å². The van der Waals surface area contributed by atoms with Gasteiger partial charge in [0.1, 0.15) is 11.9 Å². The maximum absolute atomic E-state index is 14.4. The van der Waals surface area contributed by atoms with E-state index in [4.69, 9.17) is 4.74 Å². The normalized spacial score (nSPS) is 19.9. The lowest BCUT2D eigenvalue weighted by Gasteiger charge is -2.33. The maximum Gasteiger partial charge on any atom is 0.324 e. The molecule has 0 amide bonds. The lowest BCUT2D eigenvalue weighted by Crippen LogP contribution is -2.49. The van der Waals surface area contributed by atoms with Crippen LogP contribution in [-0.4, -0.2) is 53.4 Å². The minimum atomic E-state index is -4.13. The quantitative estimate of drug-likeness (QED) is 0.612. The number of halogens is 1. The molecule has 4 rings (SSSR count). The fourth-order valence-electron chi connectivity index (χ4n) is 5.06. The molecule has 8 nitrogen and oxygen atoms in total. The Labute approximate surface area is 194 Å². The molecule has 1 aliphatic heterocycles. The molecule has 2 aromatic rings. The van der Waals surface area contributed by atoms with Crippen molar-refractivity contribution in [2.24, 2.45) is 11.8 Å². The number of aromatic nitrogens is 3. The number of rotatable bonds is 5. The minimum Gasteiger partial charge on any atom is -0.468 e. The first kappa shape index (κ1) is 23.8. The lowest BCUT2D eigenvalue weighted by atomic mass is 9.89. The predicted octanol–water partition coefficient (Wildman–Crippen LogP) is 3.41. The van der Waals surface area contributed by atoms with Gasteiger partial charge in [-0.25, -0.2) is 17.5 Å². The summed E-state index contributed by atoms with van der Waals surface area (Å²) in [5, 5.41) is 8.70. The second-order valence-electron chi connectivity index (χ2n) is 9.29. The molecule has 0 spiro atoms. The molecule has 1 aromatic heterocycles. The zero-order chi connectivity index (χ0) is 23.8. The molecule has 2 aliphatic rings. The summed E-state index contributed by atoms with van der Waals surface area (Å²) in [6.07, 6.45) is 6.00. The third-order valence-electron chi connectivity index (χ3n) is 6.70. The van der Waals surface area contributed by atoms with Crippen molar-refractivity contribution in [3.63, 3.8) is 0 Å². The van der Waals surface area contributed by atoms with Crippen LogP contribution in [0.2, 0.25) is 0 Å². The van der Waals surface area contributed by atoms with Gasteiger partial charge >= 0.3 is 5.97 Å². The van der Waals surface area contributed by atoms with Crippen molar-refractivity contribution < 1.29 is 22.3 Å². The van der Waals surface area contributed by atoms with Gasteiger partial charge < -0.3 is 4.74 Å². The zero-order valence-electron chi connectivity index (χ0n) is 19.3. The van der Waals surface area contributed by atoms with E-state index in [1.807, 2.05) is 0 Å². The van der Waals surface area contributed by atoms with E-state index in [2.05, 4.69) is 10.3 Å². The van der Waals surface area contributed by atoms with Crippen molar-refractivity contribution >= 4 is 16.0 Å². The summed E-state index contributed by atoms with van der Waals surface area (Å²) >= 11 is 0. The molecular weight excluding hydrogens is 447 g/mol. The molecule has 1 fully saturated rings. The smallest absolute Gasteiger partial charge is 0.324 e. The molecule has 1 aliphatic carbocycles. The Morgan fingerprint density at radius 1 is 1.24 bits per heavy atom. The van der Waals surface area contributed by atoms with Crippen molar-refractivity contribution in [1.82, 2.24) is 19.3 Å². The summed E-state index contributed by atoms with van der Waals surface area (Å²) in [5.41, 5.74) is 1.39. The molecule has 0 saturated heterocycles. The van der Waals surface area contributed by atoms with Gasteiger partial charge in [0.2, 0.25) is 10.0 Å². The van der Waals surface area contributed by atoms with Crippen LogP contribution in [0, 0.1) is 17.7 Å². The van der Waals surface area contributed by atoms with E-state index >= 15 is 0 Å². The number of carbonyl (C=O) groups excluding carboxylic acids is 1. The number of ether oxygens (including phenoxy) is 1. The highest BCUT2D eigenvalue weighted by Gasteiger charge is 2.41. The Hall–Kier alpha value is -2.33. The molecule has 1 aromatic carbocycles. The van der Waals surface area contributed by atoms with Crippen molar-refractivity contribution in [3.8, 4) is 11.3 Å². The number of methoxy groups -OCH3 is 1. The Kier molecular flexibility index (Phi) is 6.86. The largest absolute Gasteiger partial charge is 0.468 e. The molecule has 180 valence electrons. The van der Waals surface area contributed by atoms with Gasteiger partial charge in [0.15, 0.2) is 0 Å². The number of benzene rings is 1. The van der Waals surface area contributed by atoms with E-state index in [-0.39, 0.29) is 29.3 Å². The Morgan fingerprint density at radius 2 is 1.97 bits per heavy atom. The van der Waals surface area contributed by atoms with Gasteiger partial charge in [0.25, 0.3) is 0 Å². The zero-order valence-corrected chi connectivity index (χ0v) is 20.1. The number of sulfonamides is 1. The predicted molar refractivity (Wildman–Crippen MR) is 120 cm³/mol. The number of hydrogen-bond donors (Lipinski definition) is 0. The van der Waals surface area contributed by atoms with Gasteiger partial charge in [-0.15, -0.1) is 5.10 Å². The first-order valence-electron chi connectivity index (χ1n) is 11.6. The molecule has 10 heteroatoms. The fourth-order valence-corrected chi connectivity index (χ4v) is 6.95. The molecule has 0 bridgehead atoms. The second kappa shape index (κ2) is 9.50. The van der Waals surface area contributed by atoms with Crippen molar-refractivity contribution in [2.75, 3.05) is 13.7 Å². The number of carbonyl (C=O) groups is 1. The van der Waals surface area contributed by atoms with E-state index in [1.165, 1.54) is 42.8 Å². The molecule has 0 radical (unpaired) electrons. The fraction of sp³-hybridized carbons (Fsp3) is 0.609. The Morgan fingerprint density at radius 3 is 2.64 bits per heavy atom. The van der Waals surface area contributed by atoms with Gasteiger partial charge in [-0.3, -0.25) is 4.79 Å². The summed E-state index contributed by atoms with van der Waals surface area (Å²) < 4.78 is 49.9. The molecule has 2 heterocycles. The number of nitrogens with zero attached hydrogens (tertiary/aromatic N) is 4. The van der Waals surface area contributed by atoms with E-state index in [1.54, 1.807) is 18.5 Å². The summed E-state index contributed by atoms with van der Waals surface area (Å²) in [6, 6.07) is 2.64. The van der Waals surface area contributed by atoms with Gasteiger partial charge in [0, 0.05) is 25.1 Å². The van der Waals surface area contributed by atoms with Crippen LogP contribution in [-0.2, 0) is 32.5 Å². The maximum atomic E-state index is 14.4. The van der Waals surface area contributed by atoms with Crippen molar-refractivity contribution in [2.45, 2.75) is 69.9 Å². The first-order chi connectivity index (χ1) is 15.7. The summed E-state index contributed by atoms with van der Waals surface area (Å²) in [6.45, 7) is 4.21. The van der Waals surface area contributed by atoms with E-state index in [9.17, 15) is 17.6 Å². The van der Waals surface area contributed by atoms with Crippen LogP contribution in [0.4, 0.5) is 4.39 Å². The van der Waals surface area contributed by atoms with Gasteiger partial charge in [-0.1, -0.05) is 38.3 Å². The monoisotopic (exact) mass is 478 g/mol. The minimum absolute atomic E-state index is 0.0478. The Balaban J connectivity index is 1.84. The highest BCUT2D eigenvalue weighted by Crippen LogP contribution is 2.37. The van der Waals surface area contributed by atoms with E-state index < -0.39 is 27.9 Å². The average molecular weight is 479 g/mol. The third kappa shape index (κ3) is 4.55. The van der Waals surface area contributed by atoms with Crippen LogP contribution in [0.15, 0.2) is 23.1 Å². The van der Waals surface area contributed by atoms with Gasteiger partial charge in [-0.05, 0) is 42.9 Å². The van der Waals surface area contributed by atoms with Gasteiger partial charge in [0.05, 0.1) is 23.4 Å². The first-order valence-corrected chi connectivity index (χ1v) is 13.0. The summed E-state index contributed by atoms with van der Waals surface area (Å²) in [7, 11) is -2.89. The van der Waals surface area contributed by atoms with E-state index in [0.717, 1.165) is 18.9 Å². The van der Waals surface area contributed by atoms with Crippen LogP contribution in [0.1, 0.15) is 51.6 Å². The number of fused-ring (bicyclic) bond motifs is 3. The molecule has 1 saturated carbocycles. The lowest BCUT2D eigenvalue weighted by molar-refractivity contribution is -0.146. The van der Waals surface area contributed by atoms with E-state index in [0.29, 0.717) is 23.9 Å². The van der Waals surface area contributed by atoms with Crippen molar-refractivity contribution in [3.05, 3.63) is 29.7 Å². The van der Waals surface area contributed by atoms with Crippen LogP contribution in [0.25, 0.3) is 11.3 Å². The highest BCUT2D eigenvalue weighted by molar-refractivity contribution is 7.89. The Bertz CT molecular complexity index is 1130. The highest BCUT2D eigenvalue weighted by atomic mass is 32.2. The molecule has 0 N–H and O–H groups in total. The standard InChI is InChI=1S/C23H31FN4O4S/c1-15(2)21(23(29)32-3)28-12-11-19-22(18-13-17(24)9-10-20(18)33(28,30)31)27(26-25-19)14-16-7-5-4-6-8-16/h9-10,13,15-16,21H,4-8,11-12,14H2,1-3H3/t21-/m0/s1. The van der Waals surface area contributed by atoms with Crippen molar-refractivity contribution in [1.29, 1.82) is 0 Å². The second-order valence-corrected chi connectivity index (χ2v) is 11.1. The van der Waals surface area contributed by atoms with Crippen LogP contribution >= 0.6 is 0 Å². The summed E-state index contributed by atoms with van der Waals surface area (Å²) in [4.78, 5) is 12.5. The molecule has 0 unspecified atom stereocenters. The topological polar surface area (TPSA) is 94.4 Å². The third-order valence-corrected chi connectivity index (χ3v) is 8.64. The SMILES string of the molecule is COC(=O)[C@H](C(C)C)N1CCc2nnn(CC3CCCCC3)c2-c2cc(F)ccc2S1(=O)=O. The molecule has 1 atom stereocenters. The average Bonchev–Trinajstić information content (AvgIpc) is 3.17. The molecule has 33 heavy (non-hydrogen) atoms. The van der Waals surface area contributed by atoms with Crippen LogP contribution in [0.3, 0.4) is 0 Å². The van der Waals surface area contributed by atoms with Crippen LogP contribution < -0.4 is 0 Å².